The predicted molar refractivity (Wildman–Crippen MR) is 126 cm³/mol. The molecule has 8 heteroatoms. The van der Waals surface area contributed by atoms with Crippen molar-refractivity contribution in [2.45, 2.75) is 96.6 Å². The average Bonchev–Trinajstić information content (AvgIpc) is 2.72. The number of halogens is 3. The SMILES string of the molecule is CCCCCCCCCCCCC(=S)Nc1ccc(C(F)(F)F)cc1OCCCC(=O)O. The van der Waals surface area contributed by atoms with Gasteiger partial charge in [-0.3, -0.25) is 4.79 Å². The number of aliphatic carboxylic acids is 1. The number of rotatable bonds is 17. The van der Waals surface area contributed by atoms with Crippen LogP contribution in [0.3, 0.4) is 0 Å². The molecule has 0 radical (unpaired) electrons. The Labute approximate surface area is 194 Å². The second kappa shape index (κ2) is 15.9. The van der Waals surface area contributed by atoms with Crippen LogP contribution in [0.1, 0.15) is 96.0 Å². The van der Waals surface area contributed by atoms with Gasteiger partial charge in [-0.05, 0) is 37.5 Å². The molecule has 1 rings (SSSR count). The van der Waals surface area contributed by atoms with Crippen molar-refractivity contribution in [1.29, 1.82) is 0 Å². The van der Waals surface area contributed by atoms with Gasteiger partial charge < -0.3 is 15.2 Å². The van der Waals surface area contributed by atoms with Crippen molar-refractivity contribution in [2.24, 2.45) is 0 Å². The summed E-state index contributed by atoms with van der Waals surface area (Å²) in [7, 11) is 0. The number of thiocarbonyl (C=S) groups is 1. The third-order valence-corrected chi connectivity index (χ3v) is 5.44. The van der Waals surface area contributed by atoms with E-state index >= 15 is 0 Å². The quantitative estimate of drug-likeness (QED) is 0.177. The van der Waals surface area contributed by atoms with Crippen molar-refractivity contribution in [3.05, 3.63) is 23.8 Å². The van der Waals surface area contributed by atoms with E-state index < -0.39 is 17.7 Å². The molecule has 0 saturated heterocycles. The van der Waals surface area contributed by atoms with E-state index in [1.54, 1.807) is 0 Å². The van der Waals surface area contributed by atoms with Gasteiger partial charge >= 0.3 is 12.1 Å². The lowest BCUT2D eigenvalue weighted by molar-refractivity contribution is -0.138. The lowest BCUT2D eigenvalue weighted by Crippen LogP contribution is -2.12. The third kappa shape index (κ3) is 12.9. The van der Waals surface area contributed by atoms with E-state index in [2.05, 4.69) is 12.2 Å². The van der Waals surface area contributed by atoms with Gasteiger partial charge in [0.1, 0.15) is 5.75 Å². The Bertz CT molecular complexity index is 696. The van der Waals surface area contributed by atoms with Gasteiger partial charge in [0.05, 0.1) is 22.8 Å². The van der Waals surface area contributed by atoms with Gasteiger partial charge in [0, 0.05) is 6.42 Å². The first-order valence-corrected chi connectivity index (χ1v) is 12.0. The van der Waals surface area contributed by atoms with E-state index in [0.29, 0.717) is 17.1 Å². The number of alkyl halides is 3. The molecule has 0 saturated carbocycles. The number of carbonyl (C=O) groups is 1. The van der Waals surface area contributed by atoms with E-state index in [9.17, 15) is 18.0 Å². The molecule has 0 aliphatic rings. The van der Waals surface area contributed by atoms with Gasteiger partial charge in [0.2, 0.25) is 0 Å². The molecule has 0 spiro atoms. The number of hydrogen-bond donors (Lipinski definition) is 2. The largest absolute Gasteiger partial charge is 0.491 e. The van der Waals surface area contributed by atoms with E-state index in [-0.39, 0.29) is 25.2 Å². The number of carboxylic acids is 1. The summed E-state index contributed by atoms with van der Waals surface area (Å²) in [5, 5.41) is 11.7. The zero-order chi connectivity index (χ0) is 23.8. The van der Waals surface area contributed by atoms with Crippen LogP contribution >= 0.6 is 12.2 Å². The third-order valence-electron chi connectivity index (χ3n) is 5.13. The van der Waals surface area contributed by atoms with E-state index in [4.69, 9.17) is 22.1 Å². The fraction of sp³-hybridized carbons (Fsp3) is 0.667. The zero-order valence-electron chi connectivity index (χ0n) is 18.9. The Balaban J connectivity index is 2.44. The first-order valence-electron chi connectivity index (χ1n) is 11.6. The number of nitrogens with one attached hydrogen (secondary N) is 1. The number of hydrogen-bond acceptors (Lipinski definition) is 3. The van der Waals surface area contributed by atoms with Crippen LogP contribution in [0.25, 0.3) is 0 Å². The predicted octanol–water partition coefficient (Wildman–Crippen LogP) is 8.00. The topological polar surface area (TPSA) is 58.6 Å². The molecule has 0 unspecified atom stereocenters. The maximum absolute atomic E-state index is 13.0. The summed E-state index contributed by atoms with van der Waals surface area (Å²) in [5.41, 5.74) is -0.456. The van der Waals surface area contributed by atoms with E-state index in [1.807, 2.05) is 0 Å². The summed E-state index contributed by atoms with van der Waals surface area (Å²) in [6.45, 7) is 2.22. The van der Waals surface area contributed by atoms with Gasteiger partial charge in [-0.25, -0.2) is 0 Å². The highest BCUT2D eigenvalue weighted by atomic mass is 32.1. The molecule has 0 bridgehead atoms. The molecule has 1 aromatic rings. The zero-order valence-corrected chi connectivity index (χ0v) is 19.8. The lowest BCUT2D eigenvalue weighted by atomic mass is 10.1. The maximum Gasteiger partial charge on any atom is 0.416 e. The van der Waals surface area contributed by atoms with Crippen LogP contribution in [0.15, 0.2) is 18.2 Å². The molecule has 0 heterocycles. The number of carboxylic acid groups (broad SMARTS) is 1. The van der Waals surface area contributed by atoms with Crippen molar-refractivity contribution < 1.29 is 27.8 Å². The van der Waals surface area contributed by atoms with Gasteiger partial charge in [0.25, 0.3) is 0 Å². The lowest BCUT2D eigenvalue weighted by Gasteiger charge is -2.16. The van der Waals surface area contributed by atoms with E-state index in [0.717, 1.165) is 31.4 Å². The number of benzene rings is 1. The van der Waals surface area contributed by atoms with Crippen molar-refractivity contribution in [2.75, 3.05) is 11.9 Å². The molecule has 0 aromatic heterocycles. The molecule has 4 nitrogen and oxygen atoms in total. The standard InChI is InChI=1S/C24H36F3NO3S/c1-2-3-4-5-6-7-8-9-10-11-13-22(32)28-20-16-15-19(24(25,26)27)18-21(20)31-17-12-14-23(29)30/h15-16,18H,2-14,17H2,1H3,(H,28,32)(H,29,30). The van der Waals surface area contributed by atoms with Crippen LogP contribution in [0.4, 0.5) is 18.9 Å². The highest BCUT2D eigenvalue weighted by molar-refractivity contribution is 7.80. The van der Waals surface area contributed by atoms with Gasteiger partial charge in [0.15, 0.2) is 0 Å². The molecule has 0 aliphatic heterocycles. The van der Waals surface area contributed by atoms with Crippen molar-refractivity contribution in [1.82, 2.24) is 0 Å². The number of anilines is 1. The van der Waals surface area contributed by atoms with Crippen LogP contribution in [0, 0.1) is 0 Å². The molecule has 0 amide bonds. The van der Waals surface area contributed by atoms with Crippen LogP contribution < -0.4 is 10.1 Å². The summed E-state index contributed by atoms with van der Waals surface area (Å²) in [6.07, 6.45) is 8.42. The second-order valence-corrected chi connectivity index (χ2v) is 8.53. The Morgan fingerprint density at radius 2 is 1.56 bits per heavy atom. The van der Waals surface area contributed by atoms with Crippen LogP contribution in [0.2, 0.25) is 0 Å². The number of ether oxygens (including phenoxy) is 1. The van der Waals surface area contributed by atoms with Gasteiger partial charge in [-0.2, -0.15) is 13.2 Å². The normalized spacial score (nSPS) is 11.4. The highest BCUT2D eigenvalue weighted by Gasteiger charge is 2.31. The molecule has 1 aromatic carbocycles. The minimum Gasteiger partial charge on any atom is -0.491 e. The molecular weight excluding hydrogens is 439 g/mol. The van der Waals surface area contributed by atoms with Crippen molar-refractivity contribution in [3.8, 4) is 5.75 Å². The Morgan fingerprint density at radius 3 is 2.12 bits per heavy atom. The minimum atomic E-state index is -4.49. The van der Waals surface area contributed by atoms with Crippen molar-refractivity contribution >= 4 is 28.9 Å². The van der Waals surface area contributed by atoms with Crippen molar-refractivity contribution in [3.63, 3.8) is 0 Å². The van der Waals surface area contributed by atoms with Crippen LogP contribution in [-0.4, -0.2) is 22.7 Å². The molecule has 182 valence electrons. The monoisotopic (exact) mass is 475 g/mol. The Kier molecular flexibility index (Phi) is 14.0. The summed E-state index contributed by atoms with van der Waals surface area (Å²) < 4.78 is 44.6. The highest BCUT2D eigenvalue weighted by Crippen LogP contribution is 2.35. The second-order valence-electron chi connectivity index (χ2n) is 8.03. The number of unbranched alkanes of at least 4 members (excludes halogenated alkanes) is 9. The van der Waals surface area contributed by atoms with Crippen LogP contribution in [-0.2, 0) is 11.0 Å². The summed E-state index contributed by atoms with van der Waals surface area (Å²) >= 11 is 5.37. The Morgan fingerprint density at radius 1 is 0.969 bits per heavy atom. The van der Waals surface area contributed by atoms with Crippen LogP contribution in [0.5, 0.6) is 5.75 Å². The summed E-state index contributed by atoms with van der Waals surface area (Å²) in [4.78, 5) is 11.2. The van der Waals surface area contributed by atoms with Gasteiger partial charge in [-0.15, -0.1) is 0 Å². The smallest absolute Gasteiger partial charge is 0.416 e. The minimum absolute atomic E-state index is 0.00744. The molecule has 0 aliphatic carbocycles. The molecule has 0 atom stereocenters. The summed E-state index contributed by atoms with van der Waals surface area (Å²) in [5.74, 6) is -0.954. The Hall–Kier alpha value is -1.83. The van der Waals surface area contributed by atoms with Gasteiger partial charge in [-0.1, -0.05) is 76.9 Å². The molecule has 32 heavy (non-hydrogen) atoms. The molecular formula is C24H36F3NO3S. The fourth-order valence-corrected chi connectivity index (χ4v) is 3.57. The molecule has 0 fully saturated rings. The first-order chi connectivity index (χ1) is 15.2. The maximum atomic E-state index is 13.0. The first kappa shape index (κ1) is 28.2. The van der Waals surface area contributed by atoms with E-state index in [1.165, 1.54) is 51.0 Å². The average molecular weight is 476 g/mol. The fourth-order valence-electron chi connectivity index (χ4n) is 3.31. The molecule has 2 N–H and O–H groups in total. The summed E-state index contributed by atoms with van der Waals surface area (Å²) in [6, 6.07) is 3.21.